The summed E-state index contributed by atoms with van der Waals surface area (Å²) >= 11 is 11.8. The number of nitrogens with one attached hydrogen (secondary N) is 1. The molecule has 0 saturated carbocycles. The normalized spacial score (nSPS) is 13.0. The topological polar surface area (TPSA) is 76.6 Å². The summed E-state index contributed by atoms with van der Waals surface area (Å²) in [5.41, 5.74) is 0.653. The number of fused-ring (bicyclic) bond motifs is 1. The Kier molecular flexibility index (Phi) is 6.48. The van der Waals surface area contributed by atoms with Gasteiger partial charge in [0.05, 0.1) is 28.4 Å². The molecule has 0 spiro atoms. The molecule has 4 rings (SSSR count). The molecule has 2 aromatic carbocycles. The van der Waals surface area contributed by atoms with E-state index >= 15 is 0 Å². The van der Waals surface area contributed by atoms with Gasteiger partial charge in [0.25, 0.3) is 0 Å². The summed E-state index contributed by atoms with van der Waals surface area (Å²) in [5.74, 6) is 0.760. The Hall–Kier alpha value is -3.62. The molecule has 0 atom stereocenters. The van der Waals surface area contributed by atoms with Gasteiger partial charge >= 0.3 is 0 Å². The van der Waals surface area contributed by atoms with E-state index in [2.05, 4.69) is 21.9 Å². The standard InChI is InChI=1S/C23H17Cl2FN4O3/c1-3-20(31)30-8-6-13(7-9-30)33-19-10-14-17(11-18(19)32-2)27-12-28-23(14)29-16-5-4-15(24)21(25)22(16)26/h3-8,10-12H,1,9H2,2H3,(H,27,28,29). The van der Waals surface area contributed by atoms with Gasteiger partial charge in [-0.25, -0.2) is 14.4 Å². The highest BCUT2D eigenvalue weighted by Crippen LogP contribution is 2.37. The fourth-order valence-corrected chi connectivity index (χ4v) is 3.43. The Morgan fingerprint density at radius 1 is 1.27 bits per heavy atom. The molecule has 2 heterocycles. The molecule has 168 valence electrons. The monoisotopic (exact) mass is 486 g/mol. The average Bonchev–Trinajstić information content (AvgIpc) is 2.84. The van der Waals surface area contributed by atoms with E-state index in [9.17, 15) is 9.18 Å². The summed E-state index contributed by atoms with van der Waals surface area (Å²) in [7, 11) is 1.51. The number of allylic oxidation sites excluding steroid dienone is 1. The molecule has 3 aromatic rings. The van der Waals surface area contributed by atoms with Crippen molar-refractivity contribution in [3.63, 3.8) is 0 Å². The zero-order chi connectivity index (χ0) is 23.5. The number of methoxy groups -OCH3 is 1. The van der Waals surface area contributed by atoms with E-state index in [4.69, 9.17) is 32.7 Å². The maximum Gasteiger partial charge on any atom is 0.250 e. The lowest BCUT2D eigenvalue weighted by Crippen LogP contribution is -2.26. The quantitative estimate of drug-likeness (QED) is 0.359. The molecule has 10 heteroatoms. The van der Waals surface area contributed by atoms with E-state index in [-0.39, 0.29) is 21.6 Å². The van der Waals surface area contributed by atoms with Crippen molar-refractivity contribution in [1.29, 1.82) is 0 Å². The van der Waals surface area contributed by atoms with Crippen LogP contribution in [0.5, 0.6) is 11.5 Å². The van der Waals surface area contributed by atoms with Crippen molar-refractivity contribution in [2.24, 2.45) is 0 Å². The molecule has 0 unspecified atom stereocenters. The average molecular weight is 487 g/mol. The van der Waals surface area contributed by atoms with Crippen molar-refractivity contribution in [3.05, 3.63) is 83.2 Å². The third-order valence-electron chi connectivity index (χ3n) is 4.80. The van der Waals surface area contributed by atoms with E-state index in [1.807, 2.05) is 0 Å². The van der Waals surface area contributed by atoms with Crippen LogP contribution in [0.1, 0.15) is 0 Å². The Labute approximate surface area is 198 Å². The number of carbonyl (C=O) groups excluding carboxylic acids is 1. The smallest absolute Gasteiger partial charge is 0.250 e. The van der Waals surface area contributed by atoms with E-state index in [0.29, 0.717) is 40.5 Å². The number of anilines is 2. The van der Waals surface area contributed by atoms with Crippen molar-refractivity contribution in [3.8, 4) is 11.5 Å². The minimum Gasteiger partial charge on any atom is -0.493 e. The first-order valence-corrected chi connectivity index (χ1v) is 10.4. The molecule has 0 fully saturated rings. The fourth-order valence-electron chi connectivity index (χ4n) is 3.12. The lowest BCUT2D eigenvalue weighted by molar-refractivity contribution is -0.123. The Balaban J connectivity index is 1.68. The fraction of sp³-hybridized carbons (Fsp3) is 0.0870. The third-order valence-corrected chi connectivity index (χ3v) is 5.58. The van der Waals surface area contributed by atoms with Crippen LogP contribution in [0, 0.1) is 5.82 Å². The second kappa shape index (κ2) is 9.48. The largest absolute Gasteiger partial charge is 0.493 e. The number of aromatic nitrogens is 2. The van der Waals surface area contributed by atoms with Gasteiger partial charge < -0.3 is 19.7 Å². The van der Waals surface area contributed by atoms with Crippen LogP contribution >= 0.6 is 23.2 Å². The molecule has 1 N–H and O–H groups in total. The van der Waals surface area contributed by atoms with Gasteiger partial charge in [0, 0.05) is 24.2 Å². The van der Waals surface area contributed by atoms with E-state index in [1.54, 1.807) is 30.5 Å². The molecule has 33 heavy (non-hydrogen) atoms. The van der Waals surface area contributed by atoms with Crippen molar-refractivity contribution >= 4 is 51.5 Å². The molecule has 7 nitrogen and oxygen atoms in total. The number of rotatable bonds is 6. The summed E-state index contributed by atoms with van der Waals surface area (Å²) in [6.07, 6.45) is 7.59. The van der Waals surface area contributed by atoms with Crippen LogP contribution in [0.25, 0.3) is 10.9 Å². The first-order valence-electron chi connectivity index (χ1n) is 9.63. The maximum atomic E-state index is 14.6. The number of amides is 1. The van der Waals surface area contributed by atoms with Gasteiger partial charge in [-0.15, -0.1) is 0 Å². The van der Waals surface area contributed by atoms with Crippen molar-refractivity contribution in [2.75, 3.05) is 19.0 Å². The van der Waals surface area contributed by atoms with E-state index in [1.165, 1.54) is 36.5 Å². The highest BCUT2D eigenvalue weighted by atomic mass is 35.5. The third kappa shape index (κ3) is 4.62. The predicted molar refractivity (Wildman–Crippen MR) is 126 cm³/mol. The first kappa shape index (κ1) is 22.6. The van der Waals surface area contributed by atoms with E-state index < -0.39 is 5.82 Å². The Morgan fingerprint density at radius 2 is 2.09 bits per heavy atom. The van der Waals surface area contributed by atoms with Crippen LogP contribution in [0.2, 0.25) is 10.0 Å². The second-order valence-corrected chi connectivity index (χ2v) is 7.59. The van der Waals surface area contributed by atoms with Crippen LogP contribution in [0.15, 0.2) is 67.4 Å². The number of hydrogen-bond acceptors (Lipinski definition) is 6. The van der Waals surface area contributed by atoms with Crippen LogP contribution in [0.3, 0.4) is 0 Å². The molecule has 1 amide bonds. The van der Waals surface area contributed by atoms with Crippen molar-refractivity contribution in [1.82, 2.24) is 14.9 Å². The summed E-state index contributed by atoms with van der Waals surface area (Å²) in [4.78, 5) is 21.7. The molecule has 1 aliphatic heterocycles. The zero-order valence-electron chi connectivity index (χ0n) is 17.3. The summed E-state index contributed by atoms with van der Waals surface area (Å²) < 4.78 is 26.0. The molecule has 1 aromatic heterocycles. The summed E-state index contributed by atoms with van der Waals surface area (Å²) in [6, 6.07) is 6.32. The zero-order valence-corrected chi connectivity index (χ0v) is 18.8. The van der Waals surface area contributed by atoms with Crippen LogP contribution in [-0.2, 0) is 4.79 Å². The number of ether oxygens (including phenoxy) is 2. The minimum atomic E-state index is -0.697. The first-order chi connectivity index (χ1) is 15.9. The summed E-state index contributed by atoms with van der Waals surface area (Å²) in [6.45, 7) is 3.81. The molecule has 0 saturated heterocycles. The molecular formula is C23H17Cl2FN4O3. The lowest BCUT2D eigenvalue weighted by Gasteiger charge is -2.20. The maximum absolute atomic E-state index is 14.6. The number of benzene rings is 2. The van der Waals surface area contributed by atoms with Crippen LogP contribution < -0.4 is 14.8 Å². The minimum absolute atomic E-state index is 0.104. The van der Waals surface area contributed by atoms with Gasteiger partial charge in [0.15, 0.2) is 17.3 Å². The molecule has 1 aliphatic rings. The Bertz CT molecular complexity index is 1330. The number of carbonyl (C=O) groups is 1. The van der Waals surface area contributed by atoms with Crippen molar-refractivity contribution in [2.45, 2.75) is 0 Å². The highest BCUT2D eigenvalue weighted by molar-refractivity contribution is 6.42. The van der Waals surface area contributed by atoms with Gasteiger partial charge in [-0.1, -0.05) is 29.8 Å². The highest BCUT2D eigenvalue weighted by Gasteiger charge is 2.17. The van der Waals surface area contributed by atoms with Gasteiger partial charge in [-0.05, 0) is 36.4 Å². The van der Waals surface area contributed by atoms with Crippen molar-refractivity contribution < 1.29 is 18.7 Å². The number of halogens is 3. The predicted octanol–water partition coefficient (Wildman–Crippen LogP) is 5.63. The van der Waals surface area contributed by atoms with Crippen LogP contribution in [-0.4, -0.2) is 34.4 Å². The van der Waals surface area contributed by atoms with Gasteiger partial charge in [-0.3, -0.25) is 4.79 Å². The van der Waals surface area contributed by atoms with Gasteiger partial charge in [-0.2, -0.15) is 0 Å². The molecule has 0 radical (unpaired) electrons. The Morgan fingerprint density at radius 3 is 2.79 bits per heavy atom. The number of nitrogens with zero attached hydrogens (tertiary/aromatic N) is 3. The van der Waals surface area contributed by atoms with Gasteiger partial charge in [0.1, 0.15) is 17.9 Å². The SMILES string of the molecule is C=CC(=O)N1C=CC(Oc2cc3c(Nc4ccc(Cl)c(Cl)c4F)ncnc3cc2OC)=CC1. The van der Waals surface area contributed by atoms with Gasteiger partial charge in [0.2, 0.25) is 5.91 Å². The molecule has 0 aliphatic carbocycles. The molecular weight excluding hydrogens is 470 g/mol. The second-order valence-electron chi connectivity index (χ2n) is 6.81. The van der Waals surface area contributed by atoms with Crippen LogP contribution in [0.4, 0.5) is 15.9 Å². The summed E-state index contributed by atoms with van der Waals surface area (Å²) in [5, 5.41) is 3.40. The number of hydrogen-bond donors (Lipinski definition) is 1. The lowest BCUT2D eigenvalue weighted by atomic mass is 10.2. The van der Waals surface area contributed by atoms with E-state index in [0.717, 1.165) is 0 Å². The molecule has 0 bridgehead atoms.